The van der Waals surface area contributed by atoms with Crippen LogP contribution in [0.3, 0.4) is 0 Å². The number of rotatable bonds is 7. The molecule has 5 heteroatoms. The van der Waals surface area contributed by atoms with Gasteiger partial charge in [0.15, 0.2) is 0 Å². The zero-order valence-electron chi connectivity index (χ0n) is 16.0. The van der Waals surface area contributed by atoms with Gasteiger partial charge in [-0.15, -0.1) is 11.3 Å². The second-order valence-electron chi connectivity index (χ2n) is 7.32. The Bertz CT molecular complexity index is 715. The molecule has 1 aromatic heterocycles. The van der Waals surface area contributed by atoms with Crippen LogP contribution < -0.4 is 5.32 Å². The summed E-state index contributed by atoms with van der Waals surface area (Å²) >= 11 is 1.65. The quantitative estimate of drug-likeness (QED) is 0.791. The van der Waals surface area contributed by atoms with E-state index in [0.717, 1.165) is 0 Å². The molecule has 26 heavy (non-hydrogen) atoms. The normalized spacial score (nSPS) is 11.2. The van der Waals surface area contributed by atoms with Crippen molar-refractivity contribution in [3.05, 3.63) is 57.8 Å². The molecule has 0 bridgehead atoms. The van der Waals surface area contributed by atoms with E-state index in [0.29, 0.717) is 31.6 Å². The monoisotopic (exact) mass is 372 g/mol. The Balaban J connectivity index is 1.82. The fourth-order valence-corrected chi connectivity index (χ4v) is 3.35. The summed E-state index contributed by atoms with van der Waals surface area (Å²) in [5.41, 5.74) is 1.88. The second kappa shape index (κ2) is 8.99. The smallest absolute Gasteiger partial charge is 0.251 e. The molecule has 1 aromatic carbocycles. The van der Waals surface area contributed by atoms with E-state index in [9.17, 15) is 9.59 Å². The first kappa shape index (κ1) is 20.2. The molecule has 0 aliphatic carbocycles. The maximum atomic E-state index is 12.4. The van der Waals surface area contributed by atoms with Crippen LogP contribution in [-0.2, 0) is 16.8 Å². The van der Waals surface area contributed by atoms with Gasteiger partial charge in [-0.3, -0.25) is 9.59 Å². The lowest BCUT2D eigenvalue weighted by atomic mass is 9.87. The minimum atomic E-state index is -0.139. The number of amides is 2. The molecule has 0 spiro atoms. The molecular formula is C21H28N2O2S. The zero-order chi connectivity index (χ0) is 19.2. The number of nitrogens with one attached hydrogen (secondary N) is 1. The van der Waals surface area contributed by atoms with Crippen LogP contribution in [0.4, 0.5) is 0 Å². The molecule has 4 nitrogen and oxygen atoms in total. The first-order valence-electron chi connectivity index (χ1n) is 9.00. The van der Waals surface area contributed by atoms with E-state index in [1.807, 2.05) is 53.6 Å². The third-order valence-electron chi connectivity index (χ3n) is 4.30. The van der Waals surface area contributed by atoms with Crippen molar-refractivity contribution in [3.8, 4) is 0 Å². The highest BCUT2D eigenvalue weighted by molar-refractivity contribution is 7.09. The van der Waals surface area contributed by atoms with Crippen molar-refractivity contribution in [1.29, 1.82) is 0 Å². The van der Waals surface area contributed by atoms with Crippen LogP contribution in [0, 0.1) is 0 Å². The summed E-state index contributed by atoms with van der Waals surface area (Å²) in [5, 5.41) is 4.85. The van der Waals surface area contributed by atoms with Crippen LogP contribution in [0.5, 0.6) is 0 Å². The fraction of sp³-hybridized carbons (Fsp3) is 0.429. The van der Waals surface area contributed by atoms with E-state index in [2.05, 4.69) is 26.1 Å². The van der Waals surface area contributed by atoms with Crippen molar-refractivity contribution in [1.82, 2.24) is 10.2 Å². The summed E-state index contributed by atoms with van der Waals surface area (Å²) in [7, 11) is 0. The van der Waals surface area contributed by atoms with Crippen molar-refractivity contribution >= 4 is 23.2 Å². The predicted octanol–water partition coefficient (Wildman–Crippen LogP) is 4.21. The largest absolute Gasteiger partial charge is 0.352 e. The molecule has 2 aromatic rings. The Kier molecular flexibility index (Phi) is 6.98. The van der Waals surface area contributed by atoms with Crippen molar-refractivity contribution in [2.45, 2.75) is 46.1 Å². The Morgan fingerprint density at radius 1 is 1.12 bits per heavy atom. The van der Waals surface area contributed by atoms with E-state index in [4.69, 9.17) is 0 Å². The van der Waals surface area contributed by atoms with E-state index in [1.54, 1.807) is 11.3 Å². The van der Waals surface area contributed by atoms with Gasteiger partial charge in [-0.25, -0.2) is 0 Å². The number of thiophene rings is 1. The average molecular weight is 373 g/mol. The van der Waals surface area contributed by atoms with Crippen LogP contribution in [0.15, 0.2) is 41.8 Å². The molecule has 0 radical (unpaired) electrons. The molecule has 0 atom stereocenters. The molecule has 0 unspecified atom stereocenters. The topological polar surface area (TPSA) is 49.4 Å². The van der Waals surface area contributed by atoms with Crippen LogP contribution >= 0.6 is 11.3 Å². The average Bonchev–Trinajstić information content (AvgIpc) is 3.12. The maximum Gasteiger partial charge on any atom is 0.251 e. The van der Waals surface area contributed by atoms with Crippen molar-refractivity contribution in [2.75, 3.05) is 13.1 Å². The molecule has 2 amide bonds. The SMILES string of the molecule is CCN(Cc1cccs1)C(=O)CCNC(=O)c1ccc(C(C)(C)C)cc1. The summed E-state index contributed by atoms with van der Waals surface area (Å²) in [6, 6.07) is 11.7. The lowest BCUT2D eigenvalue weighted by Gasteiger charge is -2.20. The van der Waals surface area contributed by atoms with Gasteiger partial charge in [-0.1, -0.05) is 39.0 Å². The molecule has 0 aliphatic rings. The Hall–Kier alpha value is -2.14. The first-order chi connectivity index (χ1) is 12.3. The van der Waals surface area contributed by atoms with Gasteiger partial charge in [0.1, 0.15) is 0 Å². The van der Waals surface area contributed by atoms with Gasteiger partial charge in [0.2, 0.25) is 5.91 Å². The molecule has 0 fully saturated rings. The highest BCUT2D eigenvalue weighted by Gasteiger charge is 2.15. The number of nitrogens with zero attached hydrogens (tertiary/aromatic N) is 1. The van der Waals surface area contributed by atoms with Crippen LogP contribution in [0.2, 0.25) is 0 Å². The fourth-order valence-electron chi connectivity index (χ4n) is 2.63. The van der Waals surface area contributed by atoms with Gasteiger partial charge in [0.05, 0.1) is 6.54 Å². The minimum Gasteiger partial charge on any atom is -0.352 e. The van der Waals surface area contributed by atoms with E-state index >= 15 is 0 Å². The predicted molar refractivity (Wildman–Crippen MR) is 108 cm³/mol. The van der Waals surface area contributed by atoms with Crippen LogP contribution in [0.25, 0.3) is 0 Å². The van der Waals surface area contributed by atoms with Gasteiger partial charge in [-0.05, 0) is 41.5 Å². The standard InChI is InChI=1S/C21H28N2O2S/c1-5-23(15-18-7-6-14-26-18)19(24)12-13-22-20(25)16-8-10-17(11-9-16)21(2,3)4/h6-11,14H,5,12-13,15H2,1-4H3,(H,22,25). The molecule has 2 rings (SSSR count). The number of hydrogen-bond acceptors (Lipinski definition) is 3. The van der Waals surface area contributed by atoms with E-state index < -0.39 is 0 Å². The van der Waals surface area contributed by atoms with Crippen LogP contribution in [-0.4, -0.2) is 29.8 Å². The molecule has 1 heterocycles. The first-order valence-corrected chi connectivity index (χ1v) is 9.88. The van der Waals surface area contributed by atoms with Crippen LogP contribution in [0.1, 0.15) is 54.9 Å². The molecule has 0 aliphatic heterocycles. The third-order valence-corrected chi connectivity index (χ3v) is 5.16. The Morgan fingerprint density at radius 3 is 2.35 bits per heavy atom. The van der Waals surface area contributed by atoms with Gasteiger partial charge in [0, 0.05) is 30.0 Å². The zero-order valence-corrected chi connectivity index (χ0v) is 16.9. The van der Waals surface area contributed by atoms with Gasteiger partial charge in [-0.2, -0.15) is 0 Å². The number of carbonyl (C=O) groups is 2. The second-order valence-corrected chi connectivity index (χ2v) is 8.35. The number of benzene rings is 1. The highest BCUT2D eigenvalue weighted by atomic mass is 32.1. The lowest BCUT2D eigenvalue weighted by Crippen LogP contribution is -2.34. The van der Waals surface area contributed by atoms with Crippen molar-refractivity contribution in [3.63, 3.8) is 0 Å². The highest BCUT2D eigenvalue weighted by Crippen LogP contribution is 2.22. The Morgan fingerprint density at radius 2 is 1.81 bits per heavy atom. The molecular weight excluding hydrogens is 344 g/mol. The molecule has 0 saturated heterocycles. The minimum absolute atomic E-state index is 0.0595. The van der Waals surface area contributed by atoms with E-state index in [1.165, 1.54) is 10.4 Å². The molecule has 1 N–H and O–H groups in total. The van der Waals surface area contributed by atoms with Crippen molar-refractivity contribution < 1.29 is 9.59 Å². The lowest BCUT2D eigenvalue weighted by molar-refractivity contribution is -0.131. The van der Waals surface area contributed by atoms with Gasteiger partial charge < -0.3 is 10.2 Å². The van der Waals surface area contributed by atoms with E-state index in [-0.39, 0.29) is 17.2 Å². The third kappa shape index (κ3) is 5.70. The van der Waals surface area contributed by atoms with Crippen molar-refractivity contribution in [2.24, 2.45) is 0 Å². The summed E-state index contributed by atoms with van der Waals surface area (Å²) in [5.74, 6) is -0.0798. The summed E-state index contributed by atoms with van der Waals surface area (Å²) in [6.45, 7) is 10.0. The van der Waals surface area contributed by atoms with Gasteiger partial charge >= 0.3 is 0 Å². The molecule has 0 saturated carbocycles. The summed E-state index contributed by atoms with van der Waals surface area (Å²) in [6.07, 6.45) is 0.311. The summed E-state index contributed by atoms with van der Waals surface area (Å²) < 4.78 is 0. The summed E-state index contributed by atoms with van der Waals surface area (Å²) in [4.78, 5) is 27.6. The molecule has 140 valence electrons. The number of carbonyl (C=O) groups excluding carboxylic acids is 2. The Labute approximate surface area is 160 Å². The maximum absolute atomic E-state index is 12.4. The van der Waals surface area contributed by atoms with Gasteiger partial charge in [0.25, 0.3) is 5.91 Å². The number of hydrogen-bond donors (Lipinski definition) is 1.